The number of aryl methyl sites for hydroxylation is 1. The molecule has 0 unspecified atom stereocenters. The maximum Gasteiger partial charge on any atom is 0.339 e. The van der Waals surface area contributed by atoms with E-state index in [-0.39, 0.29) is 0 Å². The smallest absolute Gasteiger partial charge is 0.339 e. The molecule has 0 aliphatic carbocycles. The Hall–Kier alpha value is -3.35. The second kappa shape index (κ2) is 7.90. The Morgan fingerprint density at radius 1 is 1.04 bits per heavy atom. The van der Waals surface area contributed by atoms with Crippen molar-refractivity contribution in [3.05, 3.63) is 53.2 Å². The number of nitrogens with zero attached hydrogens (tertiary/aromatic N) is 2. The molecule has 2 aromatic heterocycles. The summed E-state index contributed by atoms with van der Waals surface area (Å²) in [5, 5.41) is 4.10. The molecule has 0 fully saturated rings. The number of pyridine rings is 2. The minimum absolute atomic E-state index is 0.399. The summed E-state index contributed by atoms with van der Waals surface area (Å²) in [6, 6.07) is 9.37. The molecule has 140 valence electrons. The van der Waals surface area contributed by atoms with Crippen molar-refractivity contribution in [1.82, 2.24) is 9.97 Å². The summed E-state index contributed by atoms with van der Waals surface area (Å²) in [6.45, 7) is 2.50. The molecule has 2 heterocycles. The van der Waals surface area contributed by atoms with Crippen LogP contribution in [0.2, 0.25) is 0 Å². The lowest BCUT2D eigenvalue weighted by Gasteiger charge is -2.12. The van der Waals surface area contributed by atoms with Crippen LogP contribution >= 0.6 is 0 Å². The molecule has 0 bridgehead atoms. The van der Waals surface area contributed by atoms with E-state index in [0.717, 1.165) is 33.8 Å². The van der Waals surface area contributed by atoms with Crippen LogP contribution in [0.1, 0.15) is 21.5 Å². The molecule has 0 spiro atoms. The number of anilines is 1. The van der Waals surface area contributed by atoms with Crippen LogP contribution < -0.4 is 14.8 Å². The fraction of sp³-hybridized carbons (Fsp3) is 0.250. The van der Waals surface area contributed by atoms with E-state index in [0.29, 0.717) is 17.8 Å². The number of methoxy groups -OCH3 is 3. The highest BCUT2D eigenvalue weighted by Gasteiger charge is 2.10. The molecule has 1 N–H and O–H groups in total. The van der Waals surface area contributed by atoms with Crippen LogP contribution in [0.5, 0.6) is 11.5 Å². The number of benzene rings is 1. The van der Waals surface area contributed by atoms with Crippen LogP contribution in [0, 0.1) is 6.92 Å². The first-order chi connectivity index (χ1) is 13.0. The van der Waals surface area contributed by atoms with Gasteiger partial charge in [0.25, 0.3) is 0 Å². The zero-order chi connectivity index (χ0) is 19.4. The molecule has 1 aromatic carbocycles. The average molecular weight is 367 g/mol. The monoisotopic (exact) mass is 367 g/mol. The third kappa shape index (κ3) is 4.08. The molecule has 0 saturated carbocycles. The number of rotatable bonds is 6. The van der Waals surface area contributed by atoms with E-state index in [4.69, 9.17) is 14.2 Å². The number of hydrogen-bond acceptors (Lipinski definition) is 7. The number of esters is 1. The van der Waals surface area contributed by atoms with Gasteiger partial charge in [0.05, 0.1) is 26.9 Å². The van der Waals surface area contributed by atoms with Crippen LogP contribution in [-0.2, 0) is 11.3 Å². The van der Waals surface area contributed by atoms with Crippen LogP contribution in [0.25, 0.3) is 11.0 Å². The predicted molar refractivity (Wildman–Crippen MR) is 102 cm³/mol. The maximum atomic E-state index is 11.7. The summed E-state index contributed by atoms with van der Waals surface area (Å²) < 4.78 is 15.3. The van der Waals surface area contributed by atoms with Gasteiger partial charge in [0.2, 0.25) is 0 Å². The van der Waals surface area contributed by atoms with E-state index in [2.05, 4.69) is 15.3 Å². The molecular formula is C20H21N3O4. The topological polar surface area (TPSA) is 82.6 Å². The minimum atomic E-state index is -0.420. The number of ether oxygens (including phenoxy) is 3. The van der Waals surface area contributed by atoms with E-state index in [1.54, 1.807) is 20.3 Å². The molecule has 3 aromatic rings. The molecule has 27 heavy (non-hydrogen) atoms. The predicted octanol–water partition coefficient (Wildman–Crippen LogP) is 3.35. The van der Waals surface area contributed by atoms with Crippen molar-refractivity contribution in [2.75, 3.05) is 26.6 Å². The fourth-order valence-corrected chi connectivity index (χ4v) is 2.73. The largest absolute Gasteiger partial charge is 0.497 e. The first-order valence-corrected chi connectivity index (χ1v) is 8.35. The summed E-state index contributed by atoms with van der Waals surface area (Å²) in [7, 11) is 4.58. The van der Waals surface area contributed by atoms with Crippen molar-refractivity contribution in [3.8, 4) is 11.5 Å². The van der Waals surface area contributed by atoms with Crippen molar-refractivity contribution in [2.45, 2.75) is 13.5 Å². The zero-order valence-electron chi connectivity index (χ0n) is 15.7. The molecule has 0 atom stereocenters. The lowest BCUT2D eigenvalue weighted by atomic mass is 10.1. The van der Waals surface area contributed by atoms with E-state index < -0.39 is 5.97 Å². The number of nitrogens with one attached hydrogen (secondary N) is 1. The van der Waals surface area contributed by atoms with Gasteiger partial charge in [-0.25, -0.2) is 14.8 Å². The van der Waals surface area contributed by atoms with Gasteiger partial charge in [0.1, 0.15) is 17.3 Å². The molecule has 3 rings (SSSR count). The Morgan fingerprint density at radius 2 is 1.74 bits per heavy atom. The lowest BCUT2D eigenvalue weighted by molar-refractivity contribution is 0.0600. The highest BCUT2D eigenvalue weighted by atomic mass is 16.5. The molecule has 0 aliphatic heterocycles. The normalized spacial score (nSPS) is 10.5. The summed E-state index contributed by atoms with van der Waals surface area (Å²) in [6.07, 6.45) is 1.47. The van der Waals surface area contributed by atoms with Crippen molar-refractivity contribution < 1.29 is 19.0 Å². The van der Waals surface area contributed by atoms with Gasteiger partial charge in [0, 0.05) is 24.2 Å². The van der Waals surface area contributed by atoms with Gasteiger partial charge in [0.15, 0.2) is 5.65 Å². The molecule has 7 heteroatoms. The number of carbonyl (C=O) groups is 1. The quantitative estimate of drug-likeness (QED) is 0.669. The fourth-order valence-electron chi connectivity index (χ4n) is 2.73. The highest BCUT2D eigenvalue weighted by Crippen LogP contribution is 2.24. The second-order valence-corrected chi connectivity index (χ2v) is 5.99. The van der Waals surface area contributed by atoms with Crippen molar-refractivity contribution in [1.29, 1.82) is 0 Å². The van der Waals surface area contributed by atoms with Gasteiger partial charge in [-0.2, -0.15) is 0 Å². The minimum Gasteiger partial charge on any atom is -0.497 e. The Bertz CT molecular complexity index is 966. The van der Waals surface area contributed by atoms with Gasteiger partial charge in [-0.05, 0) is 42.3 Å². The van der Waals surface area contributed by atoms with E-state index in [9.17, 15) is 4.79 Å². The Labute approximate surface area is 157 Å². The van der Waals surface area contributed by atoms with Crippen LogP contribution in [-0.4, -0.2) is 37.3 Å². The Morgan fingerprint density at radius 3 is 2.37 bits per heavy atom. The third-order valence-corrected chi connectivity index (χ3v) is 4.15. The van der Waals surface area contributed by atoms with E-state index in [1.165, 1.54) is 13.3 Å². The molecule has 0 amide bonds. The second-order valence-electron chi connectivity index (χ2n) is 5.99. The third-order valence-electron chi connectivity index (χ3n) is 4.15. The van der Waals surface area contributed by atoms with Gasteiger partial charge in [-0.1, -0.05) is 0 Å². The van der Waals surface area contributed by atoms with E-state index >= 15 is 0 Å². The SMILES string of the molecule is COC(=O)c1cnc2nc(NCc3cc(OC)cc(OC)c3)c(C)cc2c1. The van der Waals surface area contributed by atoms with Crippen molar-refractivity contribution in [2.24, 2.45) is 0 Å². The summed E-state index contributed by atoms with van der Waals surface area (Å²) >= 11 is 0. The van der Waals surface area contributed by atoms with Gasteiger partial charge >= 0.3 is 5.97 Å². The lowest BCUT2D eigenvalue weighted by Crippen LogP contribution is -2.06. The number of fused-ring (bicyclic) bond motifs is 1. The first-order valence-electron chi connectivity index (χ1n) is 8.35. The van der Waals surface area contributed by atoms with Crippen LogP contribution in [0.15, 0.2) is 36.5 Å². The number of hydrogen-bond donors (Lipinski definition) is 1. The van der Waals surface area contributed by atoms with Gasteiger partial charge < -0.3 is 19.5 Å². The van der Waals surface area contributed by atoms with Crippen LogP contribution in [0.4, 0.5) is 5.82 Å². The van der Waals surface area contributed by atoms with Crippen LogP contribution in [0.3, 0.4) is 0 Å². The molecule has 0 saturated heterocycles. The van der Waals surface area contributed by atoms with Crippen molar-refractivity contribution >= 4 is 22.8 Å². The molecule has 0 aliphatic rings. The molecule has 7 nitrogen and oxygen atoms in total. The average Bonchev–Trinajstić information content (AvgIpc) is 2.70. The molecule has 0 radical (unpaired) electrons. The van der Waals surface area contributed by atoms with Gasteiger partial charge in [-0.15, -0.1) is 0 Å². The van der Waals surface area contributed by atoms with E-state index in [1.807, 2.05) is 31.2 Å². The maximum absolute atomic E-state index is 11.7. The Balaban J connectivity index is 1.85. The van der Waals surface area contributed by atoms with Gasteiger partial charge in [-0.3, -0.25) is 0 Å². The number of carbonyl (C=O) groups excluding carboxylic acids is 1. The standard InChI is InChI=1S/C20H21N3O4/c1-12-5-14-8-15(20(24)27-4)11-22-19(14)23-18(12)21-10-13-6-16(25-2)9-17(7-13)26-3/h5-9,11H,10H2,1-4H3,(H,21,22,23). The summed E-state index contributed by atoms with van der Waals surface area (Å²) in [4.78, 5) is 20.5. The summed E-state index contributed by atoms with van der Waals surface area (Å²) in [5.41, 5.74) is 2.90. The summed E-state index contributed by atoms with van der Waals surface area (Å²) in [5.74, 6) is 1.76. The zero-order valence-corrected chi connectivity index (χ0v) is 15.7. The molecular weight excluding hydrogens is 346 g/mol. The highest BCUT2D eigenvalue weighted by molar-refractivity contribution is 5.93. The Kier molecular flexibility index (Phi) is 5.40. The first kappa shape index (κ1) is 18.4. The van der Waals surface area contributed by atoms with Crippen molar-refractivity contribution in [3.63, 3.8) is 0 Å². The number of aromatic nitrogens is 2.